The fraction of sp³-hybridized carbons (Fsp3) is 0.538. The summed E-state index contributed by atoms with van der Waals surface area (Å²) in [7, 11) is 2.10. The second-order valence-corrected chi connectivity index (χ2v) is 4.97. The third-order valence-corrected chi connectivity index (χ3v) is 4.07. The number of fused-ring (bicyclic) bond motifs is 2. The number of rotatable bonds is 0. The van der Waals surface area contributed by atoms with Crippen molar-refractivity contribution in [2.24, 2.45) is 11.7 Å². The highest BCUT2D eigenvalue weighted by molar-refractivity contribution is 5.60. The maximum Gasteiger partial charge on any atom is 0.116 e. The number of nitrogens with zero attached hydrogens (tertiary/aromatic N) is 1. The van der Waals surface area contributed by atoms with Crippen molar-refractivity contribution in [3.63, 3.8) is 0 Å². The van der Waals surface area contributed by atoms with Crippen molar-refractivity contribution in [1.29, 1.82) is 0 Å². The summed E-state index contributed by atoms with van der Waals surface area (Å²) in [5.74, 6) is 0.603. The van der Waals surface area contributed by atoms with Gasteiger partial charge in [-0.05, 0) is 30.2 Å². The van der Waals surface area contributed by atoms with E-state index < -0.39 is 0 Å². The molecule has 17 heavy (non-hydrogen) atoms. The van der Waals surface area contributed by atoms with Gasteiger partial charge in [0.1, 0.15) is 5.75 Å². The number of benzene rings is 1. The highest BCUT2D eigenvalue weighted by Crippen LogP contribution is 2.42. The van der Waals surface area contributed by atoms with E-state index in [1.165, 1.54) is 0 Å². The predicted octanol–water partition coefficient (Wildman–Crippen LogP) is 1.25. The Morgan fingerprint density at radius 2 is 2.29 bits per heavy atom. The molecular formula is C13H18N2O2. The smallest absolute Gasteiger partial charge is 0.116 e. The number of hydrogen-bond donors (Lipinski definition) is 2. The van der Waals surface area contributed by atoms with Crippen molar-refractivity contribution in [2.45, 2.75) is 18.5 Å². The van der Waals surface area contributed by atoms with Gasteiger partial charge in [0, 0.05) is 37.3 Å². The summed E-state index contributed by atoms with van der Waals surface area (Å²) < 4.78 is 5.53. The third-order valence-electron chi connectivity index (χ3n) is 4.07. The van der Waals surface area contributed by atoms with Gasteiger partial charge in [-0.3, -0.25) is 0 Å². The van der Waals surface area contributed by atoms with Crippen LogP contribution in [0.4, 0.5) is 5.69 Å². The lowest BCUT2D eigenvalue weighted by Crippen LogP contribution is -2.51. The molecule has 0 spiro atoms. The lowest BCUT2D eigenvalue weighted by atomic mass is 9.80. The topological polar surface area (TPSA) is 58.7 Å². The van der Waals surface area contributed by atoms with Crippen LogP contribution >= 0.6 is 0 Å². The lowest BCUT2D eigenvalue weighted by Gasteiger charge is -2.47. The van der Waals surface area contributed by atoms with Gasteiger partial charge in [-0.1, -0.05) is 0 Å². The highest BCUT2D eigenvalue weighted by Gasteiger charge is 2.39. The molecule has 2 heterocycles. The van der Waals surface area contributed by atoms with Gasteiger partial charge in [0.05, 0.1) is 6.61 Å². The minimum atomic E-state index is -0.0430. The van der Waals surface area contributed by atoms with Gasteiger partial charge in [0.15, 0.2) is 0 Å². The molecule has 0 radical (unpaired) electrons. The molecule has 2 aliphatic rings. The van der Waals surface area contributed by atoms with Crippen molar-refractivity contribution in [3.05, 3.63) is 23.8 Å². The van der Waals surface area contributed by atoms with Gasteiger partial charge in [0.2, 0.25) is 0 Å². The molecule has 4 nitrogen and oxygen atoms in total. The van der Waals surface area contributed by atoms with Crippen molar-refractivity contribution < 1.29 is 9.84 Å². The molecule has 2 aliphatic heterocycles. The SMILES string of the molecule is CN1c2ccc(O)cc2C(N)C2COCCC21. The fourth-order valence-corrected chi connectivity index (χ4v) is 3.11. The monoisotopic (exact) mass is 234 g/mol. The molecule has 92 valence electrons. The highest BCUT2D eigenvalue weighted by atomic mass is 16.5. The van der Waals surface area contributed by atoms with Crippen LogP contribution in [0.2, 0.25) is 0 Å². The summed E-state index contributed by atoms with van der Waals surface area (Å²) in [4.78, 5) is 2.28. The van der Waals surface area contributed by atoms with Crippen LogP contribution in [0.1, 0.15) is 18.0 Å². The van der Waals surface area contributed by atoms with Crippen LogP contribution in [0.25, 0.3) is 0 Å². The van der Waals surface area contributed by atoms with Crippen LogP contribution < -0.4 is 10.6 Å². The van der Waals surface area contributed by atoms with Gasteiger partial charge in [-0.2, -0.15) is 0 Å². The number of ether oxygens (including phenoxy) is 1. The van der Waals surface area contributed by atoms with E-state index in [4.69, 9.17) is 10.5 Å². The first kappa shape index (κ1) is 10.9. The van der Waals surface area contributed by atoms with Crippen LogP contribution in [0, 0.1) is 5.92 Å². The van der Waals surface area contributed by atoms with Crippen LogP contribution in [0.3, 0.4) is 0 Å². The third kappa shape index (κ3) is 1.59. The van der Waals surface area contributed by atoms with Gasteiger partial charge < -0.3 is 20.5 Å². The molecule has 3 atom stereocenters. The van der Waals surface area contributed by atoms with E-state index in [-0.39, 0.29) is 11.8 Å². The van der Waals surface area contributed by atoms with E-state index in [9.17, 15) is 5.11 Å². The summed E-state index contributed by atoms with van der Waals surface area (Å²) in [6, 6.07) is 5.87. The zero-order chi connectivity index (χ0) is 12.0. The Labute approximate surface area is 101 Å². The minimum Gasteiger partial charge on any atom is -0.508 e. The van der Waals surface area contributed by atoms with Crippen molar-refractivity contribution >= 4 is 5.69 Å². The van der Waals surface area contributed by atoms with Crippen molar-refractivity contribution in [3.8, 4) is 5.75 Å². The Morgan fingerprint density at radius 1 is 1.47 bits per heavy atom. The van der Waals surface area contributed by atoms with E-state index in [2.05, 4.69) is 11.9 Å². The zero-order valence-corrected chi connectivity index (χ0v) is 9.97. The fourth-order valence-electron chi connectivity index (χ4n) is 3.11. The van der Waals surface area contributed by atoms with Gasteiger partial charge in [-0.25, -0.2) is 0 Å². The second kappa shape index (κ2) is 3.89. The summed E-state index contributed by atoms with van der Waals surface area (Å²) in [5.41, 5.74) is 8.48. The molecule has 3 N–H and O–H groups in total. The van der Waals surface area contributed by atoms with Crippen LogP contribution in [-0.4, -0.2) is 31.4 Å². The molecule has 1 aromatic carbocycles. The van der Waals surface area contributed by atoms with Gasteiger partial charge in [-0.15, -0.1) is 0 Å². The maximum absolute atomic E-state index is 9.58. The number of aromatic hydroxyl groups is 1. The van der Waals surface area contributed by atoms with Gasteiger partial charge in [0.25, 0.3) is 0 Å². The van der Waals surface area contributed by atoms with Crippen LogP contribution in [-0.2, 0) is 4.74 Å². The molecule has 1 fully saturated rings. The van der Waals surface area contributed by atoms with E-state index >= 15 is 0 Å². The van der Waals surface area contributed by atoms with E-state index in [1.54, 1.807) is 12.1 Å². The summed E-state index contributed by atoms with van der Waals surface area (Å²) in [5, 5.41) is 9.58. The molecule has 1 saturated heterocycles. The molecule has 3 unspecified atom stereocenters. The zero-order valence-electron chi connectivity index (χ0n) is 9.97. The molecule has 1 aromatic rings. The first-order chi connectivity index (χ1) is 8.18. The quantitative estimate of drug-likeness (QED) is 0.709. The molecule has 0 bridgehead atoms. The molecule has 0 amide bonds. The first-order valence-electron chi connectivity index (χ1n) is 6.07. The Morgan fingerprint density at radius 3 is 3.12 bits per heavy atom. The molecular weight excluding hydrogens is 216 g/mol. The van der Waals surface area contributed by atoms with Crippen molar-refractivity contribution in [1.82, 2.24) is 0 Å². The Bertz CT molecular complexity index is 435. The number of hydrogen-bond acceptors (Lipinski definition) is 4. The number of nitrogens with two attached hydrogens (primary N) is 1. The summed E-state index contributed by atoms with van der Waals surface area (Å²) >= 11 is 0. The Balaban J connectivity index is 2.07. The maximum atomic E-state index is 9.58. The van der Waals surface area contributed by atoms with Gasteiger partial charge >= 0.3 is 0 Å². The van der Waals surface area contributed by atoms with Crippen molar-refractivity contribution in [2.75, 3.05) is 25.2 Å². The number of phenols is 1. The van der Waals surface area contributed by atoms with Crippen LogP contribution in [0.5, 0.6) is 5.75 Å². The standard InChI is InChI=1S/C13H18N2O2/c1-15-11-3-2-8(16)6-9(11)13(14)10-7-17-5-4-12(10)15/h2-3,6,10,12-13,16H,4-5,7,14H2,1H3. The molecule has 0 aromatic heterocycles. The number of phenolic OH excluding ortho intramolecular Hbond substituents is 1. The minimum absolute atomic E-state index is 0.0430. The average Bonchev–Trinajstić information content (AvgIpc) is 2.36. The predicted molar refractivity (Wildman–Crippen MR) is 66.2 cm³/mol. The normalized spacial score (nSPS) is 31.9. The molecule has 0 aliphatic carbocycles. The van der Waals surface area contributed by atoms with Crippen LogP contribution in [0.15, 0.2) is 18.2 Å². The Hall–Kier alpha value is -1.26. The van der Waals surface area contributed by atoms with E-state index in [1.807, 2.05) is 6.07 Å². The largest absolute Gasteiger partial charge is 0.508 e. The van der Waals surface area contributed by atoms with E-state index in [0.717, 1.165) is 24.3 Å². The molecule has 0 saturated carbocycles. The Kier molecular flexibility index (Phi) is 2.49. The van der Waals surface area contributed by atoms with E-state index in [0.29, 0.717) is 18.6 Å². The summed E-state index contributed by atoms with van der Waals surface area (Å²) in [6.07, 6.45) is 1.02. The first-order valence-corrected chi connectivity index (χ1v) is 6.07. The summed E-state index contributed by atoms with van der Waals surface area (Å²) in [6.45, 7) is 1.52. The number of anilines is 1. The lowest BCUT2D eigenvalue weighted by molar-refractivity contribution is 0.0272. The second-order valence-electron chi connectivity index (χ2n) is 4.97. The molecule has 4 heteroatoms. The average molecular weight is 234 g/mol. The molecule has 3 rings (SSSR count).